The summed E-state index contributed by atoms with van der Waals surface area (Å²) in [5, 5.41) is 6.72. The van der Waals surface area contributed by atoms with Gasteiger partial charge >= 0.3 is 0 Å². The van der Waals surface area contributed by atoms with E-state index >= 15 is 0 Å². The van der Waals surface area contributed by atoms with Crippen molar-refractivity contribution < 1.29 is 14.3 Å². The number of amides is 2. The molecule has 0 saturated carbocycles. The van der Waals surface area contributed by atoms with Crippen molar-refractivity contribution in [1.29, 1.82) is 0 Å². The molecule has 1 saturated heterocycles. The number of hydrogen-bond donors (Lipinski definition) is 2. The number of carbonyl (C=O) groups excluding carboxylic acids is 2. The Morgan fingerprint density at radius 3 is 2.34 bits per heavy atom. The Labute approximate surface area is 211 Å². The molecule has 3 aromatic carbocycles. The van der Waals surface area contributed by atoms with Gasteiger partial charge in [0.15, 0.2) is 0 Å². The number of carbonyl (C=O) groups is 2. The number of ether oxygens (including phenoxy) is 1. The van der Waals surface area contributed by atoms with Crippen LogP contribution in [0.1, 0.15) is 46.8 Å². The summed E-state index contributed by atoms with van der Waals surface area (Å²) in [5.41, 5.74) is 3.12. The Bertz CT molecular complexity index is 1150. The first-order chi connectivity index (χ1) is 17.0. The van der Waals surface area contributed by atoms with E-state index in [4.69, 9.17) is 16.3 Å². The topological polar surface area (TPSA) is 70.7 Å². The number of hydrogen-bond acceptors (Lipinski definition) is 4. The summed E-state index contributed by atoms with van der Waals surface area (Å²) in [6, 6.07) is 21.7. The van der Waals surface area contributed by atoms with E-state index < -0.39 is 6.04 Å². The largest absolute Gasteiger partial charge is 0.495 e. The van der Waals surface area contributed by atoms with Gasteiger partial charge in [0, 0.05) is 30.9 Å². The molecule has 0 unspecified atom stereocenters. The van der Waals surface area contributed by atoms with Crippen LogP contribution in [0.5, 0.6) is 5.75 Å². The van der Waals surface area contributed by atoms with E-state index in [-0.39, 0.29) is 11.8 Å². The fraction of sp³-hybridized carbons (Fsp3) is 0.286. The first-order valence-corrected chi connectivity index (χ1v) is 12.2. The standard InChI is InChI=1S/C28H30ClN3O3/c1-35-25-15-14-23(18-24(25)29)31-27(33)26(21-8-4-2-5-9-21)30-19-20-10-12-22(13-11-20)28(34)32-16-6-3-7-17-32/h2,4-5,8-15,18,26,30H,3,6-7,16-17,19H2,1H3,(H,31,33)/t26-/m0/s1. The zero-order chi connectivity index (χ0) is 24.6. The summed E-state index contributed by atoms with van der Waals surface area (Å²) < 4.78 is 5.19. The normalized spacial score (nSPS) is 14.3. The van der Waals surface area contributed by atoms with Crippen molar-refractivity contribution in [2.75, 3.05) is 25.5 Å². The zero-order valence-electron chi connectivity index (χ0n) is 19.8. The Morgan fingerprint density at radius 1 is 0.971 bits per heavy atom. The monoisotopic (exact) mass is 491 g/mol. The van der Waals surface area contributed by atoms with Gasteiger partial charge in [-0.25, -0.2) is 0 Å². The predicted octanol–water partition coefficient (Wildman–Crippen LogP) is 5.44. The summed E-state index contributed by atoms with van der Waals surface area (Å²) in [6.07, 6.45) is 3.33. The average Bonchev–Trinajstić information content (AvgIpc) is 2.90. The summed E-state index contributed by atoms with van der Waals surface area (Å²) in [4.78, 5) is 27.9. The molecule has 1 fully saturated rings. The molecule has 0 radical (unpaired) electrons. The zero-order valence-corrected chi connectivity index (χ0v) is 20.6. The minimum Gasteiger partial charge on any atom is -0.495 e. The molecule has 6 nitrogen and oxygen atoms in total. The van der Waals surface area contributed by atoms with Crippen LogP contribution >= 0.6 is 11.6 Å². The van der Waals surface area contributed by atoms with Gasteiger partial charge in [-0.15, -0.1) is 0 Å². The fourth-order valence-electron chi connectivity index (χ4n) is 4.23. The number of anilines is 1. The van der Waals surface area contributed by atoms with Gasteiger partial charge in [0.25, 0.3) is 5.91 Å². The minimum atomic E-state index is -0.577. The van der Waals surface area contributed by atoms with Crippen LogP contribution in [0.4, 0.5) is 5.69 Å². The van der Waals surface area contributed by atoms with Crippen LogP contribution in [0.3, 0.4) is 0 Å². The van der Waals surface area contributed by atoms with Gasteiger partial charge in [-0.3, -0.25) is 14.9 Å². The fourth-order valence-corrected chi connectivity index (χ4v) is 4.49. The second-order valence-electron chi connectivity index (χ2n) is 8.61. The highest BCUT2D eigenvalue weighted by atomic mass is 35.5. The van der Waals surface area contributed by atoms with Crippen molar-refractivity contribution >= 4 is 29.1 Å². The number of halogens is 1. The minimum absolute atomic E-state index is 0.0869. The van der Waals surface area contributed by atoms with Gasteiger partial charge in [-0.1, -0.05) is 54.1 Å². The molecule has 35 heavy (non-hydrogen) atoms. The Morgan fingerprint density at radius 2 is 1.69 bits per heavy atom. The van der Waals surface area contributed by atoms with E-state index in [1.54, 1.807) is 25.3 Å². The van der Waals surface area contributed by atoms with Gasteiger partial charge in [0.05, 0.1) is 12.1 Å². The average molecular weight is 492 g/mol. The molecular weight excluding hydrogens is 462 g/mol. The Balaban J connectivity index is 1.44. The van der Waals surface area contributed by atoms with Crippen LogP contribution in [0.25, 0.3) is 0 Å². The molecule has 1 aliphatic rings. The third-order valence-electron chi connectivity index (χ3n) is 6.17. The van der Waals surface area contributed by atoms with Crippen molar-refractivity contribution in [2.45, 2.75) is 31.8 Å². The molecule has 0 aromatic heterocycles. The summed E-state index contributed by atoms with van der Waals surface area (Å²) >= 11 is 6.22. The molecule has 182 valence electrons. The number of benzene rings is 3. The molecule has 2 N–H and O–H groups in total. The molecule has 7 heteroatoms. The van der Waals surface area contributed by atoms with Crippen molar-refractivity contribution in [3.63, 3.8) is 0 Å². The van der Waals surface area contributed by atoms with Gasteiger partial charge in [-0.05, 0) is 60.7 Å². The Kier molecular flexibility index (Phi) is 8.40. The summed E-state index contributed by atoms with van der Waals surface area (Å²) in [5.74, 6) is 0.433. The maximum absolute atomic E-state index is 13.2. The summed E-state index contributed by atoms with van der Waals surface area (Å²) in [6.45, 7) is 2.12. The summed E-state index contributed by atoms with van der Waals surface area (Å²) in [7, 11) is 1.55. The van der Waals surface area contributed by atoms with Crippen LogP contribution < -0.4 is 15.4 Å². The second kappa shape index (κ2) is 11.9. The number of nitrogens with zero attached hydrogens (tertiary/aromatic N) is 1. The van der Waals surface area contributed by atoms with E-state index in [1.807, 2.05) is 59.5 Å². The van der Waals surface area contributed by atoms with Gasteiger partial charge < -0.3 is 15.0 Å². The van der Waals surface area contributed by atoms with E-state index in [0.29, 0.717) is 28.6 Å². The maximum atomic E-state index is 13.2. The molecule has 2 amide bonds. The van der Waals surface area contributed by atoms with Crippen LogP contribution in [0.2, 0.25) is 5.02 Å². The molecule has 3 aromatic rings. The number of piperidine rings is 1. The quantitative estimate of drug-likeness (QED) is 0.440. The molecule has 1 aliphatic heterocycles. The van der Waals surface area contributed by atoms with Crippen LogP contribution in [-0.4, -0.2) is 36.9 Å². The first-order valence-electron chi connectivity index (χ1n) is 11.9. The van der Waals surface area contributed by atoms with Crippen molar-refractivity contribution in [3.05, 3.63) is 94.5 Å². The van der Waals surface area contributed by atoms with Gasteiger partial charge in [0.1, 0.15) is 11.8 Å². The molecule has 4 rings (SSSR count). The number of nitrogens with one attached hydrogen (secondary N) is 2. The number of rotatable bonds is 8. The molecule has 1 atom stereocenters. The van der Waals surface area contributed by atoms with Crippen LogP contribution in [0, 0.1) is 0 Å². The predicted molar refractivity (Wildman–Crippen MR) is 139 cm³/mol. The number of likely N-dealkylation sites (tertiary alicyclic amines) is 1. The van der Waals surface area contributed by atoms with E-state index in [2.05, 4.69) is 10.6 Å². The lowest BCUT2D eigenvalue weighted by Crippen LogP contribution is -2.35. The van der Waals surface area contributed by atoms with Gasteiger partial charge in [-0.2, -0.15) is 0 Å². The van der Waals surface area contributed by atoms with Crippen molar-refractivity contribution in [1.82, 2.24) is 10.2 Å². The Hall–Kier alpha value is -3.35. The van der Waals surface area contributed by atoms with Crippen LogP contribution in [0.15, 0.2) is 72.8 Å². The lowest BCUT2D eigenvalue weighted by atomic mass is 10.0. The van der Waals surface area contributed by atoms with E-state index in [9.17, 15) is 9.59 Å². The molecule has 1 heterocycles. The first kappa shape index (κ1) is 24.8. The lowest BCUT2D eigenvalue weighted by Gasteiger charge is -2.26. The molecule has 0 spiro atoms. The smallest absolute Gasteiger partial charge is 0.253 e. The lowest BCUT2D eigenvalue weighted by molar-refractivity contribution is -0.118. The second-order valence-corrected chi connectivity index (χ2v) is 9.02. The third kappa shape index (κ3) is 6.41. The van der Waals surface area contributed by atoms with Gasteiger partial charge in [0.2, 0.25) is 5.91 Å². The highest BCUT2D eigenvalue weighted by molar-refractivity contribution is 6.32. The highest BCUT2D eigenvalue weighted by Crippen LogP contribution is 2.28. The van der Waals surface area contributed by atoms with Crippen molar-refractivity contribution in [3.8, 4) is 5.75 Å². The van der Waals surface area contributed by atoms with E-state index in [0.717, 1.165) is 37.1 Å². The maximum Gasteiger partial charge on any atom is 0.253 e. The molecule has 0 bridgehead atoms. The molecule has 0 aliphatic carbocycles. The molecular formula is C28H30ClN3O3. The number of methoxy groups -OCH3 is 1. The van der Waals surface area contributed by atoms with Crippen molar-refractivity contribution in [2.24, 2.45) is 0 Å². The highest BCUT2D eigenvalue weighted by Gasteiger charge is 2.21. The van der Waals surface area contributed by atoms with Crippen LogP contribution in [-0.2, 0) is 11.3 Å². The third-order valence-corrected chi connectivity index (χ3v) is 6.46. The van der Waals surface area contributed by atoms with E-state index in [1.165, 1.54) is 6.42 Å². The SMILES string of the molecule is COc1ccc(NC(=O)[C@@H](NCc2ccc(C(=O)N3CCCCC3)cc2)c2ccccc2)cc1Cl.